The first-order valence-corrected chi connectivity index (χ1v) is 5.21. The lowest BCUT2D eigenvalue weighted by Crippen LogP contribution is -2.24. The molecular weight excluding hydrogens is 227 g/mol. The van der Waals surface area contributed by atoms with Gasteiger partial charge in [-0.25, -0.2) is 4.98 Å². The second kappa shape index (κ2) is 6.57. The number of carbonyl (C=O) groups excluding carboxylic acids is 1. The molecule has 0 unspecified atom stereocenters. The Morgan fingerprint density at radius 3 is 2.82 bits per heavy atom. The van der Waals surface area contributed by atoms with E-state index in [0.717, 1.165) is 6.07 Å². The first-order chi connectivity index (χ1) is 8.09. The monoisotopic (exact) mass is 240 g/mol. The number of rotatable bonds is 6. The van der Waals surface area contributed by atoms with E-state index in [1.54, 1.807) is 0 Å². The van der Waals surface area contributed by atoms with E-state index in [-0.39, 0.29) is 17.9 Å². The molecule has 1 aromatic heterocycles. The summed E-state index contributed by atoms with van der Waals surface area (Å²) < 4.78 is 12.7. The van der Waals surface area contributed by atoms with E-state index in [1.165, 1.54) is 12.3 Å². The highest BCUT2D eigenvalue weighted by molar-refractivity contribution is 5.93. The molecule has 1 heterocycles. The number of aromatic nitrogens is 1. The van der Waals surface area contributed by atoms with Crippen molar-refractivity contribution in [2.45, 2.75) is 19.3 Å². The van der Waals surface area contributed by atoms with Crippen molar-refractivity contribution in [3.05, 3.63) is 29.8 Å². The molecule has 5 nitrogen and oxygen atoms in total. The Labute approximate surface area is 97.7 Å². The van der Waals surface area contributed by atoms with Crippen LogP contribution in [0.3, 0.4) is 0 Å². The molecule has 0 aromatic carbocycles. The third-order valence-corrected chi connectivity index (χ3v) is 2.09. The van der Waals surface area contributed by atoms with Gasteiger partial charge in [0.15, 0.2) is 0 Å². The van der Waals surface area contributed by atoms with Gasteiger partial charge in [0.1, 0.15) is 0 Å². The van der Waals surface area contributed by atoms with Gasteiger partial charge in [0.2, 0.25) is 5.95 Å². The van der Waals surface area contributed by atoms with Gasteiger partial charge in [0.25, 0.3) is 5.91 Å². The minimum absolute atomic E-state index is 0.0831. The Balaban J connectivity index is 2.28. The zero-order valence-electron chi connectivity index (χ0n) is 9.15. The minimum atomic E-state index is -0.854. The quantitative estimate of drug-likeness (QED) is 0.578. The molecule has 0 atom stereocenters. The maximum absolute atomic E-state index is 12.7. The molecule has 17 heavy (non-hydrogen) atoms. The second-order valence-electron chi connectivity index (χ2n) is 3.47. The molecule has 1 amide bonds. The number of amides is 1. The summed E-state index contributed by atoms with van der Waals surface area (Å²) in [6.07, 6.45) is 2.38. The number of nitrogens with zero attached hydrogens (tertiary/aromatic N) is 1. The molecule has 0 aliphatic rings. The van der Waals surface area contributed by atoms with Crippen molar-refractivity contribution in [1.82, 2.24) is 10.3 Å². The zero-order valence-corrected chi connectivity index (χ0v) is 9.15. The molecule has 0 saturated carbocycles. The Morgan fingerprint density at radius 1 is 1.41 bits per heavy atom. The summed E-state index contributed by atoms with van der Waals surface area (Å²) in [5.74, 6) is -1.95. The first kappa shape index (κ1) is 13.1. The van der Waals surface area contributed by atoms with Crippen LogP contribution in [-0.4, -0.2) is 28.5 Å². The summed E-state index contributed by atoms with van der Waals surface area (Å²) in [5, 5.41) is 11.0. The molecule has 0 radical (unpaired) electrons. The highest BCUT2D eigenvalue weighted by atomic mass is 19.1. The normalized spacial score (nSPS) is 9.94. The van der Waals surface area contributed by atoms with Crippen molar-refractivity contribution in [2.75, 3.05) is 6.54 Å². The number of halogens is 1. The molecule has 0 fully saturated rings. The van der Waals surface area contributed by atoms with Gasteiger partial charge in [-0.1, -0.05) is 0 Å². The molecule has 1 aromatic rings. The second-order valence-corrected chi connectivity index (χ2v) is 3.47. The van der Waals surface area contributed by atoms with E-state index in [1.807, 2.05) is 0 Å². The van der Waals surface area contributed by atoms with E-state index >= 15 is 0 Å². The van der Waals surface area contributed by atoms with Gasteiger partial charge >= 0.3 is 5.97 Å². The van der Waals surface area contributed by atoms with Gasteiger partial charge in [-0.05, 0) is 18.9 Å². The van der Waals surface area contributed by atoms with Gasteiger partial charge in [-0.2, -0.15) is 4.39 Å². The molecule has 0 bridgehead atoms. The lowest BCUT2D eigenvalue weighted by atomic mass is 10.2. The number of nitrogens with one attached hydrogen (secondary N) is 1. The first-order valence-electron chi connectivity index (χ1n) is 5.21. The number of carboxylic acid groups (broad SMARTS) is 1. The van der Waals surface area contributed by atoms with Gasteiger partial charge in [-0.15, -0.1) is 0 Å². The summed E-state index contributed by atoms with van der Waals surface area (Å²) in [4.78, 5) is 25.0. The molecule has 0 spiro atoms. The summed E-state index contributed by atoms with van der Waals surface area (Å²) in [7, 11) is 0. The lowest BCUT2D eigenvalue weighted by molar-refractivity contribution is -0.137. The fourth-order valence-corrected chi connectivity index (χ4v) is 1.25. The van der Waals surface area contributed by atoms with Gasteiger partial charge in [0, 0.05) is 30.8 Å². The Kier molecular flexibility index (Phi) is 5.06. The highest BCUT2D eigenvalue weighted by Crippen LogP contribution is 2.00. The summed E-state index contributed by atoms with van der Waals surface area (Å²) >= 11 is 0. The molecule has 6 heteroatoms. The minimum Gasteiger partial charge on any atom is -0.481 e. The largest absolute Gasteiger partial charge is 0.481 e. The number of aliphatic carboxylic acids is 1. The number of unbranched alkanes of at least 4 members (excludes halogenated alkanes) is 1. The number of hydrogen-bond acceptors (Lipinski definition) is 3. The average molecular weight is 240 g/mol. The smallest absolute Gasteiger partial charge is 0.303 e. The SMILES string of the molecule is O=C(O)CCCCNC(=O)c1ccnc(F)c1. The van der Waals surface area contributed by atoms with E-state index in [9.17, 15) is 14.0 Å². The maximum atomic E-state index is 12.7. The molecule has 0 aliphatic carbocycles. The predicted molar refractivity (Wildman–Crippen MR) is 58.0 cm³/mol. The molecule has 2 N–H and O–H groups in total. The van der Waals surface area contributed by atoms with Crippen molar-refractivity contribution < 1.29 is 19.1 Å². The van der Waals surface area contributed by atoms with Crippen LogP contribution in [0, 0.1) is 5.95 Å². The lowest BCUT2D eigenvalue weighted by Gasteiger charge is -2.04. The molecule has 1 rings (SSSR count). The van der Waals surface area contributed by atoms with Crippen LogP contribution in [-0.2, 0) is 4.79 Å². The maximum Gasteiger partial charge on any atom is 0.303 e. The van der Waals surface area contributed by atoms with Gasteiger partial charge in [-0.3, -0.25) is 9.59 Å². The van der Waals surface area contributed by atoms with Crippen LogP contribution in [0.5, 0.6) is 0 Å². The number of carbonyl (C=O) groups is 2. The third-order valence-electron chi connectivity index (χ3n) is 2.09. The van der Waals surface area contributed by atoms with Crippen LogP contribution in [0.1, 0.15) is 29.6 Å². The van der Waals surface area contributed by atoms with Crippen LogP contribution < -0.4 is 5.32 Å². The van der Waals surface area contributed by atoms with E-state index < -0.39 is 11.9 Å². The van der Waals surface area contributed by atoms with Crippen LogP contribution in [0.4, 0.5) is 4.39 Å². The van der Waals surface area contributed by atoms with Crippen LogP contribution in [0.2, 0.25) is 0 Å². The van der Waals surface area contributed by atoms with Crippen molar-refractivity contribution in [3.8, 4) is 0 Å². The standard InChI is InChI=1S/C11H13FN2O3/c12-9-7-8(4-6-13-9)11(17)14-5-2-1-3-10(15)16/h4,6-7H,1-3,5H2,(H,14,17)(H,15,16). The molecule has 0 saturated heterocycles. The number of hydrogen-bond donors (Lipinski definition) is 2. The van der Waals surface area contributed by atoms with Crippen molar-refractivity contribution in [3.63, 3.8) is 0 Å². The molecule has 0 aliphatic heterocycles. The summed E-state index contributed by atoms with van der Waals surface area (Å²) in [6.45, 7) is 0.371. The van der Waals surface area contributed by atoms with E-state index in [0.29, 0.717) is 19.4 Å². The fourth-order valence-electron chi connectivity index (χ4n) is 1.25. The summed E-state index contributed by atoms with van der Waals surface area (Å²) in [6, 6.07) is 2.46. The van der Waals surface area contributed by atoms with E-state index in [2.05, 4.69) is 10.3 Å². The fraction of sp³-hybridized carbons (Fsp3) is 0.364. The Morgan fingerprint density at radius 2 is 2.18 bits per heavy atom. The van der Waals surface area contributed by atoms with Gasteiger partial charge in [0.05, 0.1) is 0 Å². The number of carboxylic acids is 1. The summed E-state index contributed by atoms with van der Waals surface area (Å²) in [5.41, 5.74) is 0.204. The predicted octanol–water partition coefficient (Wildman–Crippen LogP) is 1.21. The van der Waals surface area contributed by atoms with Crippen LogP contribution in [0.25, 0.3) is 0 Å². The molecular formula is C11H13FN2O3. The third kappa shape index (κ3) is 5.05. The van der Waals surface area contributed by atoms with Crippen molar-refractivity contribution in [2.24, 2.45) is 0 Å². The topological polar surface area (TPSA) is 79.3 Å². The van der Waals surface area contributed by atoms with Crippen LogP contribution >= 0.6 is 0 Å². The Hall–Kier alpha value is -1.98. The average Bonchev–Trinajstić information content (AvgIpc) is 2.28. The zero-order chi connectivity index (χ0) is 12.7. The van der Waals surface area contributed by atoms with Crippen LogP contribution in [0.15, 0.2) is 18.3 Å². The number of pyridine rings is 1. The van der Waals surface area contributed by atoms with Gasteiger partial charge < -0.3 is 10.4 Å². The van der Waals surface area contributed by atoms with E-state index in [4.69, 9.17) is 5.11 Å². The van der Waals surface area contributed by atoms with Crippen molar-refractivity contribution in [1.29, 1.82) is 0 Å². The highest BCUT2D eigenvalue weighted by Gasteiger charge is 2.06. The molecule has 92 valence electrons. The van der Waals surface area contributed by atoms with Crippen molar-refractivity contribution >= 4 is 11.9 Å². The Bertz CT molecular complexity index is 409.